The first kappa shape index (κ1) is 28.2. The van der Waals surface area contributed by atoms with Crippen LogP contribution in [-0.4, -0.2) is 36.6 Å². The third-order valence-electron chi connectivity index (χ3n) is 8.84. The molecule has 1 unspecified atom stereocenters. The first-order chi connectivity index (χ1) is 16.9. The number of rotatable bonds is 8. The Morgan fingerprint density at radius 3 is 2.44 bits per heavy atom. The van der Waals surface area contributed by atoms with Crippen molar-refractivity contribution in [3.8, 4) is 0 Å². The van der Waals surface area contributed by atoms with Crippen LogP contribution in [-0.2, 0) is 33.3 Å². The molecule has 0 amide bonds. The fraction of sp³-hybridized carbons (Fsp3) is 0.690. The summed E-state index contributed by atoms with van der Waals surface area (Å²) in [5.74, 6) is -1.13. The van der Waals surface area contributed by atoms with Crippen LogP contribution in [0, 0.1) is 28.6 Å². The van der Waals surface area contributed by atoms with Gasteiger partial charge in [-0.05, 0) is 62.4 Å². The molecular formula is C29H42O7. The SMILES string of the molecule is C=C/C(C)=C/C[C@]1(C)[C@H]2C[C@@H](OC(=O)C(C)CC)C=C3[C@H](OC(C)=O)O[C@H](OC(C)=O)[C@]32CC[C@@H]1C. The van der Waals surface area contributed by atoms with Gasteiger partial charge in [0.1, 0.15) is 6.10 Å². The highest BCUT2D eigenvalue weighted by Gasteiger charge is 2.67. The molecule has 3 rings (SSSR count). The molecule has 1 saturated carbocycles. The van der Waals surface area contributed by atoms with Crippen molar-refractivity contribution >= 4 is 17.9 Å². The fourth-order valence-electron chi connectivity index (χ4n) is 6.24. The highest BCUT2D eigenvalue weighted by molar-refractivity contribution is 5.72. The second-order valence-electron chi connectivity index (χ2n) is 11.1. The first-order valence-electron chi connectivity index (χ1n) is 13.1. The molecule has 7 heteroatoms. The zero-order chi connectivity index (χ0) is 26.8. The largest absolute Gasteiger partial charge is 0.458 e. The van der Waals surface area contributed by atoms with E-state index in [1.807, 2.05) is 32.9 Å². The Bertz CT molecular complexity index is 949. The molecule has 3 aliphatic rings. The van der Waals surface area contributed by atoms with Crippen molar-refractivity contribution in [3.05, 3.63) is 36.0 Å². The summed E-state index contributed by atoms with van der Waals surface area (Å²) in [5, 5.41) is 0. The molecule has 0 N–H and O–H groups in total. The van der Waals surface area contributed by atoms with E-state index in [1.54, 1.807) is 0 Å². The molecule has 2 fully saturated rings. The van der Waals surface area contributed by atoms with Crippen LogP contribution in [0.2, 0.25) is 0 Å². The van der Waals surface area contributed by atoms with Gasteiger partial charge in [-0.25, -0.2) is 0 Å². The minimum Gasteiger partial charge on any atom is -0.458 e. The Hall–Kier alpha value is -2.41. The number of ether oxygens (including phenoxy) is 4. The lowest BCUT2D eigenvalue weighted by atomic mass is 9.46. The van der Waals surface area contributed by atoms with Gasteiger partial charge in [0.2, 0.25) is 12.6 Å². The maximum atomic E-state index is 12.8. The van der Waals surface area contributed by atoms with Crippen molar-refractivity contribution < 1.29 is 33.3 Å². The number of hydrogen-bond donors (Lipinski definition) is 0. The summed E-state index contributed by atoms with van der Waals surface area (Å²) < 4.78 is 23.5. The van der Waals surface area contributed by atoms with Gasteiger partial charge in [0.25, 0.3) is 0 Å². The smallest absolute Gasteiger partial charge is 0.309 e. The van der Waals surface area contributed by atoms with Gasteiger partial charge in [0.15, 0.2) is 0 Å². The van der Waals surface area contributed by atoms with Crippen molar-refractivity contribution in [3.63, 3.8) is 0 Å². The van der Waals surface area contributed by atoms with Crippen LogP contribution in [0.4, 0.5) is 0 Å². The standard InChI is InChI=1S/C29H42O7/c1-9-17(3)11-13-28(8)19(5)12-14-29-23(26(33-20(6)30)36-27(29)34-21(7)31)15-22(16-24(28)29)35-25(32)18(4)10-2/h9,11,15,18-19,22,24,26-27H,1,10,12-14,16H2,2-8H3/b17-11+/t18?,19-,22-,24+,26+,27-,28-,29+/m0/s1. The van der Waals surface area contributed by atoms with Crippen LogP contribution in [0.1, 0.15) is 80.6 Å². The molecule has 2 aliphatic carbocycles. The van der Waals surface area contributed by atoms with Gasteiger partial charge in [-0.3, -0.25) is 19.1 Å². The van der Waals surface area contributed by atoms with Gasteiger partial charge in [-0.1, -0.05) is 52.0 Å². The molecule has 0 aromatic heterocycles. The van der Waals surface area contributed by atoms with Crippen molar-refractivity contribution in [1.29, 1.82) is 0 Å². The fourth-order valence-corrected chi connectivity index (χ4v) is 6.24. The molecule has 200 valence electrons. The second kappa shape index (κ2) is 10.9. The topological polar surface area (TPSA) is 88.1 Å². The van der Waals surface area contributed by atoms with Crippen molar-refractivity contribution in [2.45, 2.75) is 99.3 Å². The van der Waals surface area contributed by atoms with E-state index in [0.717, 1.165) is 24.0 Å². The molecule has 0 bridgehead atoms. The Morgan fingerprint density at radius 1 is 1.19 bits per heavy atom. The molecule has 36 heavy (non-hydrogen) atoms. The summed E-state index contributed by atoms with van der Waals surface area (Å²) in [6, 6.07) is 0. The van der Waals surface area contributed by atoms with Gasteiger partial charge >= 0.3 is 17.9 Å². The van der Waals surface area contributed by atoms with Gasteiger partial charge in [-0.2, -0.15) is 0 Å². The maximum absolute atomic E-state index is 12.8. The molecule has 0 aromatic rings. The maximum Gasteiger partial charge on any atom is 0.309 e. The number of carbonyl (C=O) groups excluding carboxylic acids is 3. The molecule has 8 atom stereocenters. The Balaban J connectivity index is 2.16. The number of esters is 3. The van der Waals surface area contributed by atoms with Crippen molar-refractivity contribution in [1.82, 2.24) is 0 Å². The van der Waals surface area contributed by atoms with Crippen molar-refractivity contribution in [2.24, 2.45) is 28.6 Å². The summed E-state index contributed by atoms with van der Waals surface area (Å²) in [6.07, 6.45) is 7.17. The predicted molar refractivity (Wildman–Crippen MR) is 135 cm³/mol. The number of hydrogen-bond acceptors (Lipinski definition) is 7. The van der Waals surface area contributed by atoms with E-state index < -0.39 is 36.0 Å². The molecule has 1 aliphatic heterocycles. The average molecular weight is 503 g/mol. The van der Waals surface area contributed by atoms with Crippen LogP contribution in [0.15, 0.2) is 36.0 Å². The minimum atomic E-state index is -0.998. The van der Waals surface area contributed by atoms with Crippen LogP contribution >= 0.6 is 0 Å². The summed E-state index contributed by atoms with van der Waals surface area (Å²) in [5.41, 5.74) is 0.925. The highest BCUT2D eigenvalue weighted by Crippen LogP contribution is 2.67. The molecule has 1 saturated heterocycles. The zero-order valence-electron chi connectivity index (χ0n) is 22.8. The molecule has 1 heterocycles. The van der Waals surface area contributed by atoms with Gasteiger partial charge in [0, 0.05) is 19.4 Å². The molecule has 0 aromatic carbocycles. The van der Waals surface area contributed by atoms with Gasteiger partial charge in [-0.15, -0.1) is 0 Å². The van der Waals surface area contributed by atoms with E-state index in [9.17, 15) is 14.4 Å². The lowest BCUT2D eigenvalue weighted by Gasteiger charge is -2.58. The monoisotopic (exact) mass is 502 g/mol. The first-order valence-corrected chi connectivity index (χ1v) is 13.1. The third-order valence-corrected chi connectivity index (χ3v) is 8.84. The van der Waals surface area contributed by atoms with Crippen LogP contribution < -0.4 is 0 Å². The highest BCUT2D eigenvalue weighted by atomic mass is 16.8. The number of allylic oxidation sites excluding steroid dienone is 3. The molecular weight excluding hydrogens is 460 g/mol. The van der Waals surface area contributed by atoms with E-state index >= 15 is 0 Å². The molecule has 1 spiro atoms. The lowest BCUT2D eigenvalue weighted by Crippen LogP contribution is -2.57. The van der Waals surface area contributed by atoms with Crippen LogP contribution in [0.25, 0.3) is 0 Å². The summed E-state index contributed by atoms with van der Waals surface area (Å²) >= 11 is 0. The average Bonchev–Trinajstić information content (AvgIpc) is 3.10. The number of carbonyl (C=O) groups is 3. The van der Waals surface area contributed by atoms with E-state index in [0.29, 0.717) is 25.2 Å². The van der Waals surface area contributed by atoms with Gasteiger partial charge in [0.05, 0.1) is 11.3 Å². The summed E-state index contributed by atoms with van der Waals surface area (Å²) in [7, 11) is 0. The predicted octanol–water partition coefficient (Wildman–Crippen LogP) is 5.64. The molecule has 0 radical (unpaired) electrons. The Kier molecular flexibility index (Phi) is 8.54. The van der Waals surface area contributed by atoms with Crippen LogP contribution in [0.3, 0.4) is 0 Å². The Morgan fingerprint density at radius 2 is 1.86 bits per heavy atom. The Labute approximate surface area is 215 Å². The normalized spacial score (nSPS) is 36.6. The minimum absolute atomic E-state index is 0.0535. The van der Waals surface area contributed by atoms with Crippen LogP contribution in [0.5, 0.6) is 0 Å². The summed E-state index contributed by atoms with van der Waals surface area (Å²) in [4.78, 5) is 36.9. The van der Waals surface area contributed by atoms with E-state index in [-0.39, 0.29) is 23.2 Å². The summed E-state index contributed by atoms with van der Waals surface area (Å²) in [6.45, 7) is 16.9. The third kappa shape index (κ3) is 5.17. The van der Waals surface area contributed by atoms with Gasteiger partial charge < -0.3 is 14.2 Å². The lowest BCUT2D eigenvalue weighted by molar-refractivity contribution is -0.235. The quantitative estimate of drug-likeness (QED) is 0.184. The zero-order valence-corrected chi connectivity index (χ0v) is 22.8. The van der Waals surface area contributed by atoms with Crippen molar-refractivity contribution in [2.75, 3.05) is 0 Å². The van der Waals surface area contributed by atoms with E-state index in [1.165, 1.54) is 13.8 Å². The van der Waals surface area contributed by atoms with E-state index in [2.05, 4.69) is 26.5 Å². The molecule has 7 nitrogen and oxygen atoms in total. The second-order valence-corrected chi connectivity index (χ2v) is 11.1. The van der Waals surface area contributed by atoms with E-state index in [4.69, 9.17) is 18.9 Å².